The summed E-state index contributed by atoms with van der Waals surface area (Å²) in [6.07, 6.45) is 4.03. The maximum absolute atomic E-state index is 5.27. The van der Waals surface area contributed by atoms with Crippen molar-refractivity contribution >= 4 is 23.5 Å². The molecule has 1 heterocycles. The van der Waals surface area contributed by atoms with E-state index < -0.39 is 0 Å². The van der Waals surface area contributed by atoms with E-state index in [0.717, 1.165) is 22.0 Å². The molecule has 82 valence electrons. The number of hydrogen-bond acceptors (Lipinski definition) is 3. The van der Waals surface area contributed by atoms with Crippen LogP contribution in [-0.4, -0.2) is 12.1 Å². The highest BCUT2D eigenvalue weighted by molar-refractivity contribution is 7.10. The van der Waals surface area contributed by atoms with Gasteiger partial charge in [0.25, 0.3) is 0 Å². The molecule has 0 unspecified atom stereocenters. The quantitative estimate of drug-likeness (QED) is 0.804. The zero-order valence-electron chi connectivity index (χ0n) is 9.31. The first-order chi connectivity index (χ1) is 7.79. The number of ether oxygens (including phenoxy) is 1. The van der Waals surface area contributed by atoms with Crippen LogP contribution in [0.2, 0.25) is 0 Å². The minimum absolute atomic E-state index is 0.882. The van der Waals surface area contributed by atoms with Crippen molar-refractivity contribution < 1.29 is 4.74 Å². The van der Waals surface area contributed by atoms with E-state index in [0.29, 0.717) is 0 Å². The zero-order chi connectivity index (χ0) is 11.4. The smallest absolute Gasteiger partial charge is 0.126 e. The number of aryl methyl sites for hydroxylation is 1. The van der Waals surface area contributed by atoms with E-state index in [-0.39, 0.29) is 0 Å². The van der Waals surface area contributed by atoms with E-state index >= 15 is 0 Å². The van der Waals surface area contributed by atoms with Crippen LogP contribution in [0.25, 0.3) is 12.2 Å². The first-order valence-electron chi connectivity index (χ1n) is 5.03. The SMILES string of the molecule is COc1ccccc1C=Cc1nc(C)cs1. The number of aromatic nitrogens is 1. The van der Waals surface area contributed by atoms with Gasteiger partial charge in [0, 0.05) is 16.6 Å². The summed E-state index contributed by atoms with van der Waals surface area (Å²) in [6.45, 7) is 2.00. The van der Waals surface area contributed by atoms with Crippen molar-refractivity contribution in [1.82, 2.24) is 4.98 Å². The maximum Gasteiger partial charge on any atom is 0.126 e. The number of benzene rings is 1. The number of thiazole rings is 1. The number of rotatable bonds is 3. The van der Waals surface area contributed by atoms with Gasteiger partial charge < -0.3 is 4.74 Å². The average Bonchev–Trinajstić information content (AvgIpc) is 2.73. The molecule has 0 amide bonds. The fourth-order valence-corrected chi connectivity index (χ4v) is 2.10. The van der Waals surface area contributed by atoms with Crippen molar-refractivity contribution in [2.75, 3.05) is 7.11 Å². The third kappa shape index (κ3) is 2.49. The number of para-hydroxylation sites is 1. The lowest BCUT2D eigenvalue weighted by atomic mass is 10.2. The van der Waals surface area contributed by atoms with Gasteiger partial charge in [0.1, 0.15) is 10.8 Å². The van der Waals surface area contributed by atoms with Gasteiger partial charge >= 0.3 is 0 Å². The first kappa shape index (κ1) is 10.9. The highest BCUT2D eigenvalue weighted by Crippen LogP contribution is 2.20. The zero-order valence-corrected chi connectivity index (χ0v) is 10.1. The van der Waals surface area contributed by atoms with Gasteiger partial charge in [0.05, 0.1) is 7.11 Å². The largest absolute Gasteiger partial charge is 0.496 e. The van der Waals surface area contributed by atoms with E-state index in [2.05, 4.69) is 4.98 Å². The molecule has 0 radical (unpaired) electrons. The van der Waals surface area contributed by atoms with Gasteiger partial charge in [-0.15, -0.1) is 11.3 Å². The Bertz CT molecular complexity index is 502. The van der Waals surface area contributed by atoms with Gasteiger partial charge in [0.2, 0.25) is 0 Å². The van der Waals surface area contributed by atoms with Gasteiger partial charge in [-0.1, -0.05) is 18.2 Å². The second-order valence-electron chi connectivity index (χ2n) is 3.40. The third-order valence-electron chi connectivity index (χ3n) is 2.18. The van der Waals surface area contributed by atoms with Crippen LogP contribution < -0.4 is 4.74 Å². The van der Waals surface area contributed by atoms with Crippen LogP contribution in [0.15, 0.2) is 29.6 Å². The molecule has 1 aromatic carbocycles. The Balaban J connectivity index is 2.23. The second kappa shape index (κ2) is 4.94. The summed E-state index contributed by atoms with van der Waals surface area (Å²) >= 11 is 1.64. The van der Waals surface area contributed by atoms with E-state index in [1.807, 2.05) is 48.7 Å². The molecule has 2 aromatic rings. The highest BCUT2D eigenvalue weighted by Gasteiger charge is 1.97. The monoisotopic (exact) mass is 231 g/mol. The Kier molecular flexibility index (Phi) is 3.37. The number of nitrogens with zero attached hydrogens (tertiary/aromatic N) is 1. The first-order valence-corrected chi connectivity index (χ1v) is 5.91. The Morgan fingerprint density at radius 3 is 2.75 bits per heavy atom. The van der Waals surface area contributed by atoms with Gasteiger partial charge in [-0.3, -0.25) is 0 Å². The minimum Gasteiger partial charge on any atom is -0.496 e. The Morgan fingerprint density at radius 1 is 1.25 bits per heavy atom. The molecule has 2 nitrogen and oxygen atoms in total. The Labute approximate surface area is 99.2 Å². The van der Waals surface area contributed by atoms with E-state index in [1.54, 1.807) is 18.4 Å². The van der Waals surface area contributed by atoms with Gasteiger partial charge in [0.15, 0.2) is 0 Å². The van der Waals surface area contributed by atoms with Crippen LogP contribution in [0.3, 0.4) is 0 Å². The van der Waals surface area contributed by atoms with Gasteiger partial charge in [-0.25, -0.2) is 4.98 Å². The molecule has 0 saturated carbocycles. The lowest BCUT2D eigenvalue weighted by molar-refractivity contribution is 0.414. The molecule has 0 spiro atoms. The van der Waals surface area contributed by atoms with Crippen molar-refractivity contribution in [3.8, 4) is 5.75 Å². The molecule has 0 aliphatic carbocycles. The summed E-state index contributed by atoms with van der Waals surface area (Å²) < 4.78 is 5.27. The summed E-state index contributed by atoms with van der Waals surface area (Å²) in [5.74, 6) is 0.882. The number of methoxy groups -OCH3 is 1. The van der Waals surface area contributed by atoms with Crippen molar-refractivity contribution in [3.05, 3.63) is 45.9 Å². The van der Waals surface area contributed by atoms with Crippen LogP contribution in [0.1, 0.15) is 16.3 Å². The normalized spacial score (nSPS) is 10.9. The molecule has 0 aliphatic heterocycles. The Morgan fingerprint density at radius 2 is 2.06 bits per heavy atom. The molecule has 3 heteroatoms. The van der Waals surface area contributed by atoms with E-state index in [9.17, 15) is 0 Å². The summed E-state index contributed by atoms with van der Waals surface area (Å²) in [4.78, 5) is 4.37. The van der Waals surface area contributed by atoms with Crippen LogP contribution in [0, 0.1) is 6.92 Å². The predicted molar refractivity (Wildman–Crippen MR) is 68.8 cm³/mol. The molecule has 0 saturated heterocycles. The fraction of sp³-hybridized carbons (Fsp3) is 0.154. The molecular weight excluding hydrogens is 218 g/mol. The molecule has 16 heavy (non-hydrogen) atoms. The standard InChI is InChI=1S/C13H13NOS/c1-10-9-16-13(14-10)8-7-11-5-3-4-6-12(11)15-2/h3-9H,1-2H3. The molecule has 0 fully saturated rings. The lowest BCUT2D eigenvalue weighted by Crippen LogP contribution is -1.85. The molecule has 1 aromatic heterocycles. The van der Waals surface area contributed by atoms with Crippen LogP contribution >= 0.6 is 11.3 Å². The summed E-state index contributed by atoms with van der Waals surface area (Å²) in [7, 11) is 1.68. The third-order valence-corrected chi connectivity index (χ3v) is 3.11. The minimum atomic E-state index is 0.882. The van der Waals surface area contributed by atoms with Gasteiger partial charge in [-0.05, 0) is 25.1 Å². The molecular formula is C13H13NOS. The summed E-state index contributed by atoms with van der Waals surface area (Å²) in [5, 5.41) is 3.06. The Hall–Kier alpha value is -1.61. The topological polar surface area (TPSA) is 22.1 Å². The van der Waals surface area contributed by atoms with Crippen LogP contribution in [-0.2, 0) is 0 Å². The van der Waals surface area contributed by atoms with Crippen LogP contribution in [0.4, 0.5) is 0 Å². The van der Waals surface area contributed by atoms with Crippen molar-refractivity contribution in [1.29, 1.82) is 0 Å². The van der Waals surface area contributed by atoms with Gasteiger partial charge in [-0.2, -0.15) is 0 Å². The lowest BCUT2D eigenvalue weighted by Gasteiger charge is -2.02. The van der Waals surface area contributed by atoms with Crippen molar-refractivity contribution in [2.45, 2.75) is 6.92 Å². The van der Waals surface area contributed by atoms with Crippen molar-refractivity contribution in [3.63, 3.8) is 0 Å². The molecule has 0 N–H and O–H groups in total. The molecule has 0 aliphatic rings. The summed E-state index contributed by atoms with van der Waals surface area (Å²) in [6, 6.07) is 7.93. The molecule has 2 rings (SSSR count). The highest BCUT2D eigenvalue weighted by atomic mass is 32.1. The summed E-state index contributed by atoms with van der Waals surface area (Å²) in [5.41, 5.74) is 2.13. The van der Waals surface area contributed by atoms with Crippen molar-refractivity contribution in [2.24, 2.45) is 0 Å². The van der Waals surface area contributed by atoms with Crippen LogP contribution in [0.5, 0.6) is 5.75 Å². The maximum atomic E-state index is 5.27. The average molecular weight is 231 g/mol. The molecule has 0 bridgehead atoms. The van der Waals surface area contributed by atoms with E-state index in [1.165, 1.54) is 0 Å². The molecule has 0 atom stereocenters. The van der Waals surface area contributed by atoms with E-state index in [4.69, 9.17) is 4.74 Å². The second-order valence-corrected chi connectivity index (χ2v) is 4.29. The number of hydrogen-bond donors (Lipinski definition) is 0. The predicted octanol–water partition coefficient (Wildman–Crippen LogP) is 3.63. The fourth-order valence-electron chi connectivity index (χ4n) is 1.41.